The number of unbranched alkanes of at least 4 members (excludes halogenated alkanes) is 32. The number of carbonyl (C=O) groups is 2. The van der Waals surface area contributed by atoms with Crippen molar-refractivity contribution in [3.05, 3.63) is 53.6 Å². The van der Waals surface area contributed by atoms with Gasteiger partial charge in [0.2, 0.25) is 0 Å². The third-order valence-electron chi connectivity index (χ3n) is 11.5. The van der Waals surface area contributed by atoms with Crippen molar-refractivity contribution in [1.29, 1.82) is 0 Å². The molecule has 0 aromatic heterocycles. The van der Waals surface area contributed by atoms with Crippen molar-refractivity contribution >= 4 is 22.1 Å². The monoisotopic (exact) mass is 897 g/mol. The molecule has 0 fully saturated rings. The zero-order valence-corrected chi connectivity index (χ0v) is 43.6. The molecule has 0 atom stereocenters. The minimum atomic E-state index is -5.03. The summed E-state index contributed by atoms with van der Waals surface area (Å²) in [4.78, 5) is 25.3. The van der Waals surface area contributed by atoms with Crippen molar-refractivity contribution in [2.75, 3.05) is 13.2 Å². The standard InChI is InChI=1S/C52H90O7S.K/c1-3-5-7-9-11-13-15-17-19-21-23-25-27-29-31-33-35-37-39-41-46-58-51(53)48-44-43-45-49(60(55,56)57)50(48)52(54)59-47-42-40-38-36-34-32-30-28-26-24-22-20-18-16-14-12-10-8-6-4-2;/h31-34,43-45H,3-30,35-42,46-47H2,1-2H3,(H,55,56,57);/q;+1/p-1/b33-31+,34-32+;. The number of hydrogen-bond donors (Lipinski definition) is 0. The van der Waals surface area contributed by atoms with Crippen LogP contribution in [0.1, 0.15) is 266 Å². The molecule has 346 valence electrons. The van der Waals surface area contributed by atoms with Crippen LogP contribution in [0, 0.1) is 0 Å². The summed E-state index contributed by atoms with van der Waals surface area (Å²) in [5, 5.41) is 0. The average Bonchev–Trinajstić information content (AvgIpc) is 3.24. The van der Waals surface area contributed by atoms with Crippen LogP contribution in [-0.4, -0.2) is 38.1 Å². The first kappa shape index (κ1) is 60.2. The fraction of sp³-hybridized carbons (Fsp3) is 0.769. The minimum Gasteiger partial charge on any atom is -0.744 e. The van der Waals surface area contributed by atoms with Crippen LogP contribution in [0.3, 0.4) is 0 Å². The van der Waals surface area contributed by atoms with Gasteiger partial charge in [-0.1, -0.05) is 198 Å². The molecule has 0 amide bonds. The fourth-order valence-corrected chi connectivity index (χ4v) is 8.40. The molecule has 1 rings (SSSR count). The molecule has 0 N–H and O–H groups in total. The molecule has 0 saturated carbocycles. The average molecular weight is 897 g/mol. The van der Waals surface area contributed by atoms with Gasteiger partial charge in [-0.25, -0.2) is 18.0 Å². The van der Waals surface area contributed by atoms with E-state index in [1.807, 2.05) is 0 Å². The number of allylic oxidation sites excluding steroid dienone is 4. The number of benzene rings is 1. The van der Waals surface area contributed by atoms with Crippen molar-refractivity contribution < 1.29 is 83.4 Å². The topological polar surface area (TPSA) is 110 Å². The Morgan fingerprint density at radius 3 is 1.08 bits per heavy atom. The first-order valence-electron chi connectivity index (χ1n) is 25.1. The van der Waals surface area contributed by atoms with E-state index in [-0.39, 0.29) is 70.2 Å². The van der Waals surface area contributed by atoms with Crippen molar-refractivity contribution in [1.82, 2.24) is 0 Å². The third-order valence-corrected chi connectivity index (χ3v) is 12.4. The Morgan fingerprint density at radius 2 is 0.754 bits per heavy atom. The summed E-state index contributed by atoms with van der Waals surface area (Å²) in [6.07, 6.45) is 53.5. The van der Waals surface area contributed by atoms with Gasteiger partial charge >= 0.3 is 63.3 Å². The SMILES string of the molecule is CCCCCCCCCCCCCCC/C=C/CCCCCOC(=O)c1cccc(S(=O)(=O)[O-])c1C(=O)OCCCCC/C=C/CCCCCCCCCCCCCCC.[K+]. The van der Waals surface area contributed by atoms with Crippen LogP contribution in [0.5, 0.6) is 0 Å². The van der Waals surface area contributed by atoms with Crippen molar-refractivity contribution in [3.8, 4) is 0 Å². The maximum Gasteiger partial charge on any atom is 1.00 e. The second-order valence-corrected chi connectivity index (χ2v) is 18.5. The molecule has 0 aliphatic carbocycles. The van der Waals surface area contributed by atoms with Gasteiger partial charge in [-0.15, -0.1) is 0 Å². The summed E-state index contributed by atoms with van der Waals surface area (Å²) in [6.45, 7) is 4.74. The van der Waals surface area contributed by atoms with E-state index in [1.165, 1.54) is 179 Å². The molecule has 1 aromatic carbocycles. The smallest absolute Gasteiger partial charge is 0.744 e. The molecule has 0 saturated heterocycles. The zero-order valence-electron chi connectivity index (χ0n) is 39.7. The summed E-state index contributed by atoms with van der Waals surface area (Å²) >= 11 is 0. The van der Waals surface area contributed by atoms with E-state index in [4.69, 9.17) is 9.47 Å². The summed E-state index contributed by atoms with van der Waals surface area (Å²) < 4.78 is 46.9. The van der Waals surface area contributed by atoms with Crippen LogP contribution in [0.25, 0.3) is 0 Å². The van der Waals surface area contributed by atoms with E-state index >= 15 is 0 Å². The largest absolute Gasteiger partial charge is 1.00 e. The summed E-state index contributed by atoms with van der Waals surface area (Å²) in [5.74, 6) is -1.84. The fourth-order valence-electron chi connectivity index (χ4n) is 7.71. The van der Waals surface area contributed by atoms with Crippen LogP contribution in [0.15, 0.2) is 47.4 Å². The number of esters is 2. The molecule has 0 bridgehead atoms. The molecular weight excluding hydrogens is 808 g/mol. The van der Waals surface area contributed by atoms with Crippen LogP contribution < -0.4 is 51.4 Å². The molecule has 0 spiro atoms. The van der Waals surface area contributed by atoms with Crippen molar-refractivity contribution in [3.63, 3.8) is 0 Å². The van der Waals surface area contributed by atoms with Crippen LogP contribution in [-0.2, 0) is 19.6 Å². The molecule has 1 aromatic rings. The van der Waals surface area contributed by atoms with Gasteiger partial charge in [0, 0.05) is 0 Å². The Morgan fingerprint density at radius 1 is 0.459 bits per heavy atom. The quantitative estimate of drug-likeness (QED) is 0.0211. The summed E-state index contributed by atoms with van der Waals surface area (Å²) in [5.41, 5.74) is -0.802. The van der Waals surface area contributed by atoms with E-state index in [9.17, 15) is 22.6 Å². The van der Waals surface area contributed by atoms with Gasteiger partial charge in [0.05, 0.1) is 29.2 Å². The van der Waals surface area contributed by atoms with Gasteiger partial charge in [0.25, 0.3) is 0 Å². The van der Waals surface area contributed by atoms with Gasteiger partial charge in [0.15, 0.2) is 0 Å². The normalized spacial score (nSPS) is 11.7. The third kappa shape index (κ3) is 36.1. The first-order chi connectivity index (χ1) is 29.3. The van der Waals surface area contributed by atoms with Gasteiger partial charge < -0.3 is 14.0 Å². The van der Waals surface area contributed by atoms with E-state index < -0.39 is 32.5 Å². The molecule has 61 heavy (non-hydrogen) atoms. The predicted molar refractivity (Wildman–Crippen MR) is 251 cm³/mol. The number of hydrogen-bond acceptors (Lipinski definition) is 7. The molecule has 7 nitrogen and oxygen atoms in total. The Bertz CT molecular complexity index is 1340. The van der Waals surface area contributed by atoms with Gasteiger partial charge in [-0.05, 0) is 89.2 Å². The zero-order chi connectivity index (χ0) is 43.6. The van der Waals surface area contributed by atoms with Crippen molar-refractivity contribution in [2.24, 2.45) is 0 Å². The van der Waals surface area contributed by atoms with E-state index in [0.29, 0.717) is 12.8 Å². The van der Waals surface area contributed by atoms with E-state index in [2.05, 4.69) is 38.2 Å². The van der Waals surface area contributed by atoms with E-state index in [0.717, 1.165) is 57.4 Å². The maximum absolute atomic E-state index is 13.1. The summed E-state index contributed by atoms with van der Waals surface area (Å²) in [6, 6.07) is 3.61. The van der Waals surface area contributed by atoms with Crippen LogP contribution in [0.2, 0.25) is 0 Å². The molecule has 9 heteroatoms. The van der Waals surface area contributed by atoms with E-state index in [1.54, 1.807) is 0 Å². The summed E-state index contributed by atoms with van der Waals surface area (Å²) in [7, 11) is -5.03. The molecule has 0 aliphatic rings. The van der Waals surface area contributed by atoms with Gasteiger partial charge in [0.1, 0.15) is 10.1 Å². The number of carbonyl (C=O) groups excluding carboxylic acids is 2. The second-order valence-electron chi connectivity index (χ2n) is 17.1. The Kier molecular flexibility index (Phi) is 43.8. The number of ether oxygens (including phenoxy) is 2. The first-order valence-corrected chi connectivity index (χ1v) is 26.5. The van der Waals surface area contributed by atoms with Crippen LogP contribution in [0.4, 0.5) is 0 Å². The molecule has 0 aliphatic heterocycles. The van der Waals surface area contributed by atoms with Crippen LogP contribution >= 0.6 is 0 Å². The second kappa shape index (κ2) is 44.4. The molecule has 0 unspecified atom stereocenters. The molecular formula is C52H89KO7S. The molecule has 0 radical (unpaired) electrons. The Hall–Kier alpha value is -0.814. The molecule has 0 heterocycles. The van der Waals surface area contributed by atoms with Gasteiger partial charge in [-0.2, -0.15) is 0 Å². The Balaban J connectivity index is 0.0000360. The Labute approximate surface area is 418 Å². The van der Waals surface area contributed by atoms with Crippen molar-refractivity contribution in [2.45, 2.75) is 250 Å². The minimum absolute atomic E-state index is 0. The van der Waals surface area contributed by atoms with Gasteiger partial charge in [-0.3, -0.25) is 0 Å². The number of rotatable bonds is 43. The maximum atomic E-state index is 13.1. The predicted octanol–water partition coefficient (Wildman–Crippen LogP) is 13.1.